The lowest BCUT2D eigenvalue weighted by Gasteiger charge is -2.39. The summed E-state index contributed by atoms with van der Waals surface area (Å²) in [5, 5.41) is 15.6. The van der Waals surface area contributed by atoms with E-state index in [1.54, 1.807) is 6.20 Å². The molecule has 2 saturated heterocycles. The molecule has 2 aromatic carbocycles. The Morgan fingerprint density at radius 1 is 0.939 bits per heavy atom. The lowest BCUT2D eigenvalue weighted by molar-refractivity contribution is 0.0103. The van der Waals surface area contributed by atoms with Gasteiger partial charge >= 0.3 is 0 Å². The number of rotatable bonds is 6. The highest BCUT2D eigenvalue weighted by atomic mass is 16.3. The van der Waals surface area contributed by atoms with Crippen molar-refractivity contribution in [1.29, 1.82) is 0 Å². The molecule has 0 saturated carbocycles. The summed E-state index contributed by atoms with van der Waals surface area (Å²) in [4.78, 5) is 19.9. The maximum absolute atomic E-state index is 13.3. The van der Waals surface area contributed by atoms with Gasteiger partial charge in [0, 0.05) is 62.9 Å². The number of para-hydroxylation sites is 1. The van der Waals surface area contributed by atoms with E-state index in [-0.39, 0.29) is 5.91 Å². The molecule has 1 amide bonds. The van der Waals surface area contributed by atoms with E-state index in [9.17, 15) is 9.90 Å². The van der Waals surface area contributed by atoms with Crippen molar-refractivity contribution in [2.75, 3.05) is 50.7 Å². The minimum absolute atomic E-state index is 0.0115. The standard InChI is InChI=1S/C26H31N5O2/c32-25(24-10-5-4-7-22(24)19-31-13-6-12-27-31)30-14-11-26(33,21-30)20-28-15-17-29(18-16-28)23-8-2-1-3-9-23/h1-10,12-13,33H,11,14-21H2/t26-/m1/s1. The molecule has 1 aromatic heterocycles. The Hall–Kier alpha value is -3.16. The van der Waals surface area contributed by atoms with Crippen molar-refractivity contribution in [3.05, 3.63) is 84.2 Å². The molecular formula is C26H31N5O2. The first-order valence-electron chi connectivity index (χ1n) is 11.7. The van der Waals surface area contributed by atoms with E-state index >= 15 is 0 Å². The molecule has 0 unspecified atom stereocenters. The zero-order valence-electron chi connectivity index (χ0n) is 18.9. The number of piperazine rings is 1. The smallest absolute Gasteiger partial charge is 0.254 e. The quantitative estimate of drug-likeness (QED) is 0.631. The van der Waals surface area contributed by atoms with E-state index in [2.05, 4.69) is 39.2 Å². The van der Waals surface area contributed by atoms with Crippen LogP contribution in [0.4, 0.5) is 5.69 Å². The minimum Gasteiger partial charge on any atom is -0.387 e. The lowest BCUT2D eigenvalue weighted by atomic mass is 10.0. The number of amides is 1. The topological polar surface area (TPSA) is 64.8 Å². The van der Waals surface area contributed by atoms with Crippen LogP contribution in [0.25, 0.3) is 0 Å². The number of carbonyl (C=O) groups excluding carboxylic acids is 1. The van der Waals surface area contributed by atoms with Crippen LogP contribution in [0.5, 0.6) is 0 Å². The molecule has 0 bridgehead atoms. The molecule has 7 heteroatoms. The van der Waals surface area contributed by atoms with E-state index in [1.165, 1.54) is 5.69 Å². The summed E-state index contributed by atoms with van der Waals surface area (Å²) in [5.41, 5.74) is 2.02. The van der Waals surface area contributed by atoms with Gasteiger partial charge in [-0.2, -0.15) is 5.10 Å². The number of nitrogens with zero attached hydrogens (tertiary/aromatic N) is 5. The van der Waals surface area contributed by atoms with Crippen molar-refractivity contribution >= 4 is 11.6 Å². The molecule has 2 aliphatic rings. The van der Waals surface area contributed by atoms with Gasteiger partial charge in [0.05, 0.1) is 18.7 Å². The molecule has 0 spiro atoms. The second-order valence-corrected chi connectivity index (χ2v) is 9.16. The highest BCUT2D eigenvalue weighted by Gasteiger charge is 2.40. The maximum Gasteiger partial charge on any atom is 0.254 e. The van der Waals surface area contributed by atoms with Crippen LogP contribution in [0.15, 0.2) is 73.1 Å². The van der Waals surface area contributed by atoms with Gasteiger partial charge in [0.1, 0.15) is 0 Å². The fourth-order valence-electron chi connectivity index (χ4n) is 4.98. The van der Waals surface area contributed by atoms with Crippen LogP contribution in [0, 0.1) is 0 Å². The van der Waals surface area contributed by atoms with Crippen molar-refractivity contribution in [1.82, 2.24) is 19.6 Å². The Bertz CT molecular complexity index is 1060. The van der Waals surface area contributed by atoms with Crippen molar-refractivity contribution in [2.45, 2.75) is 18.6 Å². The minimum atomic E-state index is -0.860. The Morgan fingerprint density at radius 2 is 1.70 bits per heavy atom. The van der Waals surface area contributed by atoms with Crippen molar-refractivity contribution in [2.24, 2.45) is 0 Å². The molecule has 2 fully saturated rings. The number of aliphatic hydroxyl groups is 1. The molecular weight excluding hydrogens is 414 g/mol. The lowest BCUT2D eigenvalue weighted by Crippen LogP contribution is -2.53. The summed E-state index contributed by atoms with van der Waals surface area (Å²) >= 11 is 0. The first kappa shape index (κ1) is 21.7. The SMILES string of the molecule is O=C(c1ccccc1Cn1cccn1)N1CC[C@@](O)(CN2CCN(c3ccccc3)CC2)C1. The monoisotopic (exact) mass is 445 g/mol. The van der Waals surface area contributed by atoms with Crippen molar-refractivity contribution < 1.29 is 9.90 Å². The van der Waals surface area contributed by atoms with Gasteiger partial charge in [-0.15, -0.1) is 0 Å². The van der Waals surface area contributed by atoms with E-state index in [4.69, 9.17) is 0 Å². The predicted molar refractivity (Wildman–Crippen MR) is 128 cm³/mol. The fraction of sp³-hybridized carbons (Fsp3) is 0.385. The summed E-state index contributed by atoms with van der Waals surface area (Å²) in [6, 6.07) is 20.1. The third-order valence-corrected chi connectivity index (χ3v) is 6.77. The third kappa shape index (κ3) is 4.94. The van der Waals surface area contributed by atoms with Crippen molar-refractivity contribution in [3.8, 4) is 0 Å². The summed E-state index contributed by atoms with van der Waals surface area (Å²) in [5.74, 6) is -0.0115. The molecule has 3 aromatic rings. The molecule has 3 heterocycles. The molecule has 33 heavy (non-hydrogen) atoms. The molecule has 7 nitrogen and oxygen atoms in total. The van der Waals surface area contributed by atoms with Crippen molar-refractivity contribution in [3.63, 3.8) is 0 Å². The number of hydrogen-bond acceptors (Lipinski definition) is 5. The van der Waals surface area contributed by atoms with Crippen LogP contribution in [-0.4, -0.2) is 82.0 Å². The molecule has 0 radical (unpaired) electrons. The number of aromatic nitrogens is 2. The highest BCUT2D eigenvalue weighted by Crippen LogP contribution is 2.26. The predicted octanol–water partition coefficient (Wildman–Crippen LogP) is 2.33. The van der Waals surface area contributed by atoms with E-state index < -0.39 is 5.60 Å². The number of anilines is 1. The number of likely N-dealkylation sites (tertiary alicyclic amines) is 1. The summed E-state index contributed by atoms with van der Waals surface area (Å²) < 4.78 is 1.82. The Morgan fingerprint density at radius 3 is 2.45 bits per heavy atom. The Balaban J connectivity index is 1.19. The normalized spacial score (nSPS) is 21.5. The van der Waals surface area contributed by atoms with Crippen LogP contribution in [0.1, 0.15) is 22.3 Å². The molecule has 172 valence electrons. The van der Waals surface area contributed by atoms with Crippen LogP contribution >= 0.6 is 0 Å². The molecule has 5 rings (SSSR count). The number of hydrogen-bond donors (Lipinski definition) is 1. The van der Waals surface area contributed by atoms with Gasteiger partial charge in [-0.1, -0.05) is 36.4 Å². The fourth-order valence-corrected chi connectivity index (χ4v) is 4.98. The van der Waals surface area contributed by atoms with Crippen LogP contribution in [0.2, 0.25) is 0 Å². The van der Waals surface area contributed by atoms with Crippen LogP contribution in [-0.2, 0) is 6.54 Å². The first-order valence-corrected chi connectivity index (χ1v) is 11.7. The highest BCUT2D eigenvalue weighted by molar-refractivity contribution is 5.96. The average molecular weight is 446 g/mol. The molecule has 1 atom stereocenters. The second kappa shape index (κ2) is 9.37. The molecule has 1 N–H and O–H groups in total. The van der Waals surface area contributed by atoms with E-state index in [1.807, 2.05) is 52.2 Å². The van der Waals surface area contributed by atoms with Gasteiger partial charge in [-0.05, 0) is 36.2 Å². The second-order valence-electron chi connectivity index (χ2n) is 9.16. The number of carbonyl (C=O) groups is 1. The van der Waals surface area contributed by atoms with Gasteiger partial charge in [0.25, 0.3) is 5.91 Å². The zero-order valence-corrected chi connectivity index (χ0v) is 18.9. The molecule has 0 aliphatic carbocycles. The Kier molecular flexibility index (Phi) is 6.15. The largest absolute Gasteiger partial charge is 0.387 e. The van der Waals surface area contributed by atoms with Crippen LogP contribution < -0.4 is 4.90 Å². The Labute approximate surface area is 194 Å². The summed E-state index contributed by atoms with van der Waals surface area (Å²) in [6.45, 7) is 5.84. The average Bonchev–Trinajstić information content (AvgIpc) is 3.50. The van der Waals surface area contributed by atoms with Gasteiger partial charge < -0.3 is 14.9 Å². The maximum atomic E-state index is 13.3. The van der Waals surface area contributed by atoms with Crippen LogP contribution in [0.3, 0.4) is 0 Å². The number of β-amino-alcohol motifs (C(OH)–C–C–N with tert-alkyl or cyclic N) is 1. The molecule has 2 aliphatic heterocycles. The van der Waals surface area contributed by atoms with Gasteiger partial charge in [-0.3, -0.25) is 14.4 Å². The van der Waals surface area contributed by atoms with Gasteiger partial charge in [-0.25, -0.2) is 0 Å². The summed E-state index contributed by atoms with van der Waals surface area (Å²) in [7, 11) is 0. The van der Waals surface area contributed by atoms with Gasteiger partial charge in [0.15, 0.2) is 0 Å². The van der Waals surface area contributed by atoms with E-state index in [0.29, 0.717) is 38.2 Å². The van der Waals surface area contributed by atoms with Gasteiger partial charge in [0.2, 0.25) is 0 Å². The third-order valence-electron chi connectivity index (χ3n) is 6.77. The first-order chi connectivity index (χ1) is 16.1. The zero-order chi connectivity index (χ0) is 22.7. The summed E-state index contributed by atoms with van der Waals surface area (Å²) in [6.07, 6.45) is 4.25. The van der Waals surface area contributed by atoms with E-state index in [0.717, 1.165) is 31.7 Å². The number of benzene rings is 2.